The molecule has 0 radical (unpaired) electrons. The van der Waals surface area contributed by atoms with E-state index in [1.807, 2.05) is 18.2 Å². The number of phenols is 1. The molecule has 1 saturated heterocycles. The number of carbonyl (C=O) groups is 1. The van der Waals surface area contributed by atoms with Gasteiger partial charge in [0.25, 0.3) is 0 Å². The molecule has 2 aromatic carbocycles. The minimum atomic E-state index is -1.50. The molecule has 7 rings (SSSR count). The number of aliphatic hydroxyl groups is 2. The molecule has 2 aliphatic carbocycles. The molecule has 2 aromatic rings. The van der Waals surface area contributed by atoms with E-state index in [9.17, 15) is 20.1 Å². The van der Waals surface area contributed by atoms with Crippen molar-refractivity contribution in [1.29, 1.82) is 0 Å². The highest BCUT2D eigenvalue weighted by atomic mass is 35.5. The molecule has 1 amide bonds. The van der Waals surface area contributed by atoms with Crippen LogP contribution >= 0.6 is 11.6 Å². The summed E-state index contributed by atoms with van der Waals surface area (Å²) in [5, 5.41) is 35.5. The quantitative estimate of drug-likeness (QED) is 0.0608. The van der Waals surface area contributed by atoms with Crippen LogP contribution in [0.15, 0.2) is 65.9 Å². The van der Waals surface area contributed by atoms with E-state index < -0.39 is 30.1 Å². The molecule has 1 unspecified atom stereocenters. The van der Waals surface area contributed by atoms with Crippen LogP contribution in [0.2, 0.25) is 0 Å². The fourth-order valence-corrected chi connectivity index (χ4v) is 9.40. The molecule has 14 heteroatoms. The number of rotatable bonds is 18. The minimum Gasteiger partial charge on any atom is -0.508 e. The number of amides is 1. The summed E-state index contributed by atoms with van der Waals surface area (Å²) in [7, 11) is 0. The molecule has 0 spiro atoms. The Hall–Kier alpha value is -4.01. The van der Waals surface area contributed by atoms with Crippen LogP contribution in [0.1, 0.15) is 81.3 Å². The summed E-state index contributed by atoms with van der Waals surface area (Å²) in [5.74, 6) is -0.348. The van der Waals surface area contributed by atoms with Crippen LogP contribution in [0.3, 0.4) is 0 Å². The fourth-order valence-electron chi connectivity index (χ4n) is 9.32. The van der Waals surface area contributed by atoms with Crippen molar-refractivity contribution in [2.24, 2.45) is 22.9 Å². The van der Waals surface area contributed by atoms with E-state index in [2.05, 4.69) is 12.7 Å². The third kappa shape index (κ3) is 8.88. The fraction of sp³-hybridized carbons (Fsp3) is 0.581. The van der Waals surface area contributed by atoms with E-state index in [0.717, 1.165) is 55.2 Å². The van der Waals surface area contributed by atoms with Gasteiger partial charge in [0.2, 0.25) is 18.9 Å². The second-order valence-corrected chi connectivity index (χ2v) is 15.7. The van der Waals surface area contributed by atoms with Crippen molar-refractivity contribution in [3.8, 4) is 23.0 Å². The number of hydrogen-bond donors (Lipinski definition) is 3. The summed E-state index contributed by atoms with van der Waals surface area (Å²) in [4.78, 5) is 22.3. The van der Waals surface area contributed by atoms with Crippen LogP contribution in [-0.2, 0) is 25.6 Å². The monoisotopic (exact) mass is 810 g/mol. The number of alkyl halides is 1. The van der Waals surface area contributed by atoms with Crippen molar-refractivity contribution in [3.63, 3.8) is 0 Å². The van der Waals surface area contributed by atoms with Crippen LogP contribution < -0.4 is 14.2 Å². The maximum absolute atomic E-state index is 14.5. The molecule has 5 aliphatic rings. The number of carbonyl (C=O) groups excluding carboxylic acids is 1. The molecule has 7 atom stereocenters. The number of aliphatic hydroxyl groups excluding tert-OH is 2. The summed E-state index contributed by atoms with van der Waals surface area (Å²) in [5.41, 5.74) is 3.11. The van der Waals surface area contributed by atoms with Crippen LogP contribution in [-0.4, -0.2) is 95.9 Å². The van der Waals surface area contributed by atoms with Gasteiger partial charge in [0, 0.05) is 44.1 Å². The number of aromatic hydroxyl groups is 1. The zero-order chi connectivity index (χ0) is 39.8. The molecular weight excluding hydrogens is 756 g/mol. The zero-order valence-corrected chi connectivity index (χ0v) is 33.2. The van der Waals surface area contributed by atoms with Gasteiger partial charge in [0.1, 0.15) is 24.1 Å². The van der Waals surface area contributed by atoms with Crippen molar-refractivity contribution >= 4 is 23.4 Å². The van der Waals surface area contributed by atoms with Crippen LogP contribution in [0, 0.1) is 17.8 Å². The number of oxime groups is 1. The molecule has 2 fully saturated rings. The van der Waals surface area contributed by atoms with E-state index in [4.69, 9.17) is 50.0 Å². The summed E-state index contributed by atoms with van der Waals surface area (Å²) >= 11 is 6.07. The third-order valence-corrected chi connectivity index (χ3v) is 11.9. The van der Waals surface area contributed by atoms with Gasteiger partial charge in [-0.25, -0.2) is 4.79 Å². The van der Waals surface area contributed by atoms with Crippen LogP contribution in [0.5, 0.6) is 23.0 Å². The highest BCUT2D eigenvalue weighted by Crippen LogP contribution is 2.62. The SMILES string of the molecule is C=CCO[C@@]12Oc3ccc(O)cc3[C@H]3[C@H](CCCCO)[C@@H](CCCCO)C=C(C(=NOC4CCCCO4)C[C@@H]1N(Cc1ccc4c(c1)OCO4)C(=O)OCCCl)[C@H]32. The Kier molecular flexibility index (Phi) is 13.8. The van der Waals surface area contributed by atoms with Crippen molar-refractivity contribution in [2.45, 2.75) is 94.8 Å². The number of phenolic OH excluding ortho intramolecular Hbond substituents is 1. The Balaban J connectivity index is 1.43. The van der Waals surface area contributed by atoms with E-state index in [1.54, 1.807) is 29.2 Å². The summed E-state index contributed by atoms with van der Waals surface area (Å²) in [6.45, 7) is 5.02. The molecule has 0 aromatic heterocycles. The number of ether oxygens (including phenoxy) is 6. The van der Waals surface area contributed by atoms with Crippen molar-refractivity contribution in [2.75, 3.05) is 45.7 Å². The first-order valence-corrected chi connectivity index (χ1v) is 20.9. The van der Waals surface area contributed by atoms with E-state index in [-0.39, 0.29) is 75.6 Å². The lowest BCUT2D eigenvalue weighted by atomic mass is 9.55. The first-order valence-electron chi connectivity index (χ1n) is 20.3. The summed E-state index contributed by atoms with van der Waals surface area (Å²) in [6, 6.07) is 9.86. The number of unbranched alkanes of at least 4 members (excludes halogenated alkanes) is 2. The Morgan fingerprint density at radius 1 is 1.04 bits per heavy atom. The van der Waals surface area contributed by atoms with E-state index in [0.29, 0.717) is 48.8 Å². The van der Waals surface area contributed by atoms with Gasteiger partial charge in [-0.2, -0.15) is 0 Å². The highest BCUT2D eigenvalue weighted by Gasteiger charge is 2.65. The first kappa shape index (κ1) is 41.2. The van der Waals surface area contributed by atoms with Crippen molar-refractivity contribution in [1.82, 2.24) is 4.90 Å². The predicted octanol–water partition coefficient (Wildman–Crippen LogP) is 7.16. The highest BCUT2D eigenvalue weighted by molar-refractivity contribution is 6.18. The van der Waals surface area contributed by atoms with Crippen molar-refractivity contribution < 1.29 is 53.4 Å². The second kappa shape index (κ2) is 19.2. The predicted molar refractivity (Wildman–Crippen MR) is 211 cm³/mol. The van der Waals surface area contributed by atoms with Gasteiger partial charge in [0.05, 0.1) is 30.7 Å². The first-order chi connectivity index (χ1) is 27.9. The number of hydrogen-bond acceptors (Lipinski definition) is 12. The Labute approximate surface area is 339 Å². The molecule has 3 heterocycles. The Bertz CT molecular complexity index is 1770. The van der Waals surface area contributed by atoms with Gasteiger partial charge in [-0.3, -0.25) is 4.90 Å². The maximum Gasteiger partial charge on any atom is 0.410 e. The molecule has 3 aliphatic heterocycles. The maximum atomic E-state index is 14.5. The smallest absolute Gasteiger partial charge is 0.410 e. The molecule has 3 N–H and O–H groups in total. The molecule has 1 saturated carbocycles. The summed E-state index contributed by atoms with van der Waals surface area (Å²) < 4.78 is 37.2. The molecule has 13 nitrogen and oxygen atoms in total. The van der Waals surface area contributed by atoms with Gasteiger partial charge < -0.3 is 48.6 Å². The van der Waals surface area contributed by atoms with Crippen molar-refractivity contribution in [3.05, 3.63) is 71.8 Å². The molecular formula is C43H55ClN2O11. The summed E-state index contributed by atoms with van der Waals surface area (Å²) in [6.07, 6.45) is 10.0. The normalized spacial score (nSPS) is 27.8. The Morgan fingerprint density at radius 3 is 2.61 bits per heavy atom. The van der Waals surface area contributed by atoms with Gasteiger partial charge in [-0.1, -0.05) is 36.2 Å². The lowest BCUT2D eigenvalue weighted by molar-refractivity contribution is -0.256. The van der Waals surface area contributed by atoms with Gasteiger partial charge in [-0.15, -0.1) is 18.2 Å². The Morgan fingerprint density at radius 2 is 1.84 bits per heavy atom. The molecule has 57 heavy (non-hydrogen) atoms. The second-order valence-electron chi connectivity index (χ2n) is 15.3. The van der Waals surface area contributed by atoms with Gasteiger partial charge in [-0.05, 0) is 91.8 Å². The molecule has 0 bridgehead atoms. The van der Waals surface area contributed by atoms with Crippen LogP contribution in [0.25, 0.3) is 0 Å². The lowest BCUT2D eigenvalue weighted by Crippen LogP contribution is -2.70. The minimum absolute atomic E-state index is 0.00764. The van der Waals surface area contributed by atoms with Gasteiger partial charge in [0.15, 0.2) is 11.5 Å². The lowest BCUT2D eigenvalue weighted by Gasteiger charge is -2.59. The van der Waals surface area contributed by atoms with Crippen LogP contribution in [0.4, 0.5) is 4.79 Å². The largest absolute Gasteiger partial charge is 0.508 e. The number of nitrogens with zero attached hydrogens (tertiary/aromatic N) is 2. The standard InChI is InChI=1S/C43H55ClN2O11/c1-2-19-55-43-38(46(42(50)52-21-16-44)26-28-12-14-36-37(22-28)54-27-53-36)25-34(45-57-39-11-5-8-20-51-39)32-23-29(9-3-6-17-47)31(10-4-7-18-48)40(41(32)43)33-24-30(49)13-15-35(33)56-43/h2,12-15,22-24,29,31,38-41,47-49H,1,3-11,16-21,25-27H2/t29-,31+,38-,39?,40+,41+,43+/m0/s1. The number of allylic oxidation sites excluding steroid dienone is 1. The third-order valence-electron chi connectivity index (χ3n) is 11.8. The van der Waals surface area contributed by atoms with Gasteiger partial charge >= 0.3 is 6.09 Å². The average Bonchev–Trinajstić information content (AvgIpc) is 3.70. The zero-order valence-electron chi connectivity index (χ0n) is 32.4. The van der Waals surface area contributed by atoms with E-state index >= 15 is 0 Å². The number of fused-ring (bicyclic) bond motifs is 3. The average molecular weight is 811 g/mol. The molecule has 310 valence electrons. The number of benzene rings is 2. The number of halogens is 1. The van der Waals surface area contributed by atoms with E-state index in [1.165, 1.54) is 0 Å². The topological polar surface area (TPSA) is 158 Å².